The van der Waals surface area contributed by atoms with Crippen molar-refractivity contribution in [3.05, 3.63) is 104 Å². The van der Waals surface area contributed by atoms with Crippen LogP contribution in [0.25, 0.3) is 45.1 Å². The molecule has 8 aromatic rings. The molecule has 0 aliphatic carbocycles. The number of amides is 2. The third kappa shape index (κ3) is 7.82. The lowest BCUT2D eigenvalue weighted by Gasteiger charge is -2.10. The molecule has 2 N–H and O–H groups in total. The summed E-state index contributed by atoms with van der Waals surface area (Å²) in [7, 11) is 1.94. The molecule has 0 fully saturated rings. The average molecular weight is 784 g/mol. The first-order valence-corrected chi connectivity index (χ1v) is 19.6. The van der Waals surface area contributed by atoms with Crippen molar-refractivity contribution in [1.82, 2.24) is 54.0 Å². The molecule has 280 valence electrons. The summed E-state index contributed by atoms with van der Waals surface area (Å²) in [6.45, 7) is 3.28. The minimum absolute atomic E-state index is 0.101. The Bertz CT molecular complexity index is 2660. The molecule has 0 saturated carbocycles. The topological polar surface area (TPSA) is 180 Å². The van der Waals surface area contributed by atoms with Crippen molar-refractivity contribution in [3.8, 4) is 23.0 Å². The molecular weight excluding hydrogens is 749 g/mol. The number of thioether (sulfide) groups is 2. The van der Waals surface area contributed by atoms with E-state index in [0.29, 0.717) is 63.9 Å². The number of carbonyl (C=O) groups excluding carboxylic acids is 2. The summed E-state index contributed by atoms with van der Waals surface area (Å²) in [5.41, 5.74) is 5.60. The van der Waals surface area contributed by atoms with E-state index in [1.165, 1.54) is 23.5 Å². The Hall–Kier alpha value is -6.53. The van der Waals surface area contributed by atoms with Crippen molar-refractivity contribution in [3.63, 3.8) is 0 Å². The highest BCUT2D eigenvalue weighted by atomic mass is 32.2. The third-order valence-electron chi connectivity index (χ3n) is 8.73. The summed E-state index contributed by atoms with van der Waals surface area (Å²) in [6.07, 6.45) is 8.43. The van der Waals surface area contributed by atoms with E-state index in [2.05, 4.69) is 40.3 Å². The Morgan fingerprint density at radius 1 is 0.768 bits per heavy atom. The number of rotatable bonds is 14. The largest absolute Gasteiger partial charge is 0.337 e. The number of fused-ring (bicyclic) bond motifs is 2. The van der Waals surface area contributed by atoms with E-state index in [-0.39, 0.29) is 23.3 Å². The molecule has 0 aliphatic rings. The molecule has 16 nitrogen and oxygen atoms in total. The fraction of sp³-hybridized carbons (Fsp3) is 0.184. The van der Waals surface area contributed by atoms with Crippen LogP contribution in [0.1, 0.15) is 6.92 Å². The van der Waals surface area contributed by atoms with Gasteiger partial charge in [0.15, 0.2) is 16.7 Å². The standard InChI is InChI=1S/C38H34N14O2S2/c1-3-50-36(34-33-30(14-15-41-34)49(2)24-43-33)52(48-38(50)56-23-32(54)45-26-12-8-5-9-13-26)19-18-51-35(28-20-27-29(21-42-28)40-17-16-39-27)46-47-37(51)55-22-31(53)44-25-10-6-4-7-11-25/h4-17,20-21,24H,3,18-19,22-23H2,1-2H3,(H-,44,45,53,54)/p+1. The number of para-hydroxylation sites is 2. The highest BCUT2D eigenvalue weighted by Crippen LogP contribution is 2.28. The fourth-order valence-electron chi connectivity index (χ4n) is 6.13. The van der Waals surface area contributed by atoms with Gasteiger partial charge in [0.25, 0.3) is 5.82 Å². The monoisotopic (exact) mass is 783 g/mol. The first-order valence-electron chi connectivity index (χ1n) is 17.7. The lowest BCUT2D eigenvalue weighted by Crippen LogP contribution is -2.37. The maximum atomic E-state index is 13.0. The zero-order chi connectivity index (χ0) is 38.4. The number of aryl methyl sites for hydroxylation is 2. The van der Waals surface area contributed by atoms with Gasteiger partial charge in [-0.15, -0.1) is 14.9 Å². The number of hydrogen-bond acceptors (Lipinski definition) is 12. The summed E-state index contributed by atoms with van der Waals surface area (Å²) < 4.78 is 7.82. The Balaban J connectivity index is 1.14. The number of aromatic nitrogens is 12. The minimum Gasteiger partial charge on any atom is -0.334 e. The molecule has 0 aliphatic heterocycles. The Morgan fingerprint density at radius 3 is 2.18 bits per heavy atom. The van der Waals surface area contributed by atoms with Gasteiger partial charge in [-0.1, -0.05) is 48.2 Å². The van der Waals surface area contributed by atoms with Crippen molar-refractivity contribution in [1.29, 1.82) is 0 Å². The van der Waals surface area contributed by atoms with Gasteiger partial charge in [0.1, 0.15) is 23.3 Å². The maximum absolute atomic E-state index is 13.0. The number of imidazole rings is 1. The zero-order valence-electron chi connectivity index (χ0n) is 30.4. The van der Waals surface area contributed by atoms with Gasteiger partial charge >= 0.3 is 5.16 Å². The molecule has 0 bridgehead atoms. The smallest absolute Gasteiger partial charge is 0.334 e. The molecule has 2 amide bonds. The van der Waals surface area contributed by atoms with Gasteiger partial charge in [-0.3, -0.25) is 29.1 Å². The van der Waals surface area contributed by atoms with Crippen LogP contribution in [0.2, 0.25) is 0 Å². The molecule has 18 heteroatoms. The predicted molar refractivity (Wildman–Crippen MR) is 214 cm³/mol. The van der Waals surface area contributed by atoms with Crippen LogP contribution < -0.4 is 15.2 Å². The second kappa shape index (κ2) is 16.5. The first kappa shape index (κ1) is 36.4. The van der Waals surface area contributed by atoms with Crippen LogP contribution in [0.3, 0.4) is 0 Å². The fourth-order valence-corrected chi connectivity index (χ4v) is 7.75. The molecule has 6 heterocycles. The molecule has 2 aromatic carbocycles. The number of benzene rings is 2. The lowest BCUT2D eigenvalue weighted by atomic mass is 10.2. The van der Waals surface area contributed by atoms with Crippen molar-refractivity contribution in [2.75, 3.05) is 22.1 Å². The van der Waals surface area contributed by atoms with Gasteiger partial charge in [0.2, 0.25) is 11.8 Å². The molecular formula is C38H35N14O2S2+. The van der Waals surface area contributed by atoms with Crippen molar-refractivity contribution < 1.29 is 14.2 Å². The summed E-state index contributed by atoms with van der Waals surface area (Å²) in [6, 6.07) is 22.4. The molecule has 8 rings (SSSR count). The molecule has 56 heavy (non-hydrogen) atoms. The Labute approximate surface area is 328 Å². The summed E-state index contributed by atoms with van der Waals surface area (Å²) in [4.78, 5) is 49.1. The van der Waals surface area contributed by atoms with Crippen LogP contribution in [-0.4, -0.2) is 77.4 Å². The minimum atomic E-state index is -0.178. The van der Waals surface area contributed by atoms with Crippen LogP contribution in [0.15, 0.2) is 114 Å². The third-order valence-corrected chi connectivity index (χ3v) is 10.7. The van der Waals surface area contributed by atoms with E-state index in [9.17, 15) is 9.59 Å². The lowest BCUT2D eigenvalue weighted by molar-refractivity contribution is -0.720. The van der Waals surface area contributed by atoms with E-state index >= 15 is 0 Å². The van der Waals surface area contributed by atoms with E-state index in [1.54, 1.807) is 31.1 Å². The number of carbonyl (C=O) groups is 2. The highest BCUT2D eigenvalue weighted by Gasteiger charge is 2.31. The molecule has 0 unspecified atom stereocenters. The van der Waals surface area contributed by atoms with E-state index in [4.69, 9.17) is 15.1 Å². The first-order chi connectivity index (χ1) is 27.4. The zero-order valence-corrected chi connectivity index (χ0v) is 32.0. The Kier molecular flexibility index (Phi) is 10.7. The summed E-state index contributed by atoms with van der Waals surface area (Å²) in [5.74, 6) is 1.14. The van der Waals surface area contributed by atoms with E-state index < -0.39 is 0 Å². The number of nitrogens with zero attached hydrogens (tertiary/aromatic N) is 12. The van der Waals surface area contributed by atoms with Crippen molar-refractivity contribution >= 4 is 68.8 Å². The molecule has 0 atom stereocenters. The number of anilines is 2. The summed E-state index contributed by atoms with van der Waals surface area (Å²) >= 11 is 2.61. The molecule has 0 spiro atoms. The van der Waals surface area contributed by atoms with Crippen molar-refractivity contribution in [2.24, 2.45) is 7.05 Å². The van der Waals surface area contributed by atoms with Gasteiger partial charge in [0, 0.05) is 37.0 Å². The van der Waals surface area contributed by atoms with Crippen LogP contribution in [0, 0.1) is 0 Å². The normalized spacial score (nSPS) is 11.3. The van der Waals surface area contributed by atoms with Gasteiger partial charge in [-0.25, -0.2) is 14.5 Å². The molecule has 6 aromatic heterocycles. The second-order valence-corrected chi connectivity index (χ2v) is 14.3. The predicted octanol–water partition coefficient (Wildman–Crippen LogP) is 4.90. The van der Waals surface area contributed by atoms with Crippen LogP contribution >= 0.6 is 23.5 Å². The molecule has 0 radical (unpaired) electrons. The van der Waals surface area contributed by atoms with Gasteiger partial charge < -0.3 is 15.2 Å². The molecule has 0 saturated heterocycles. The SMILES string of the molecule is CC[n+]1c(SCC(=O)Nc2ccccc2)nn(CCn2c(SCC(=O)Nc3ccccc3)nnc2-c2cc3nccnc3cn2)c1-c1nccc2c1ncn2C. The van der Waals surface area contributed by atoms with Gasteiger partial charge in [-0.05, 0) is 55.1 Å². The number of nitrogens with one attached hydrogen (secondary N) is 2. The quantitative estimate of drug-likeness (QED) is 0.113. The van der Waals surface area contributed by atoms with Crippen LogP contribution in [0.5, 0.6) is 0 Å². The van der Waals surface area contributed by atoms with Crippen LogP contribution in [-0.2, 0) is 36.3 Å². The van der Waals surface area contributed by atoms with E-state index in [0.717, 1.165) is 22.5 Å². The average Bonchev–Trinajstić information content (AvgIpc) is 3.93. The van der Waals surface area contributed by atoms with Gasteiger partial charge in [0.05, 0.1) is 53.3 Å². The maximum Gasteiger partial charge on any atom is 0.337 e. The van der Waals surface area contributed by atoms with Crippen LogP contribution in [0.4, 0.5) is 11.4 Å². The number of pyridine rings is 2. The highest BCUT2D eigenvalue weighted by molar-refractivity contribution is 8.00. The number of hydrogen-bond donors (Lipinski definition) is 2. The Morgan fingerprint density at radius 2 is 1.46 bits per heavy atom. The second-order valence-electron chi connectivity index (χ2n) is 12.4. The summed E-state index contributed by atoms with van der Waals surface area (Å²) in [5, 5.41) is 21.2. The van der Waals surface area contributed by atoms with E-state index in [1.807, 2.05) is 101 Å². The van der Waals surface area contributed by atoms with Crippen molar-refractivity contribution in [2.45, 2.75) is 36.9 Å². The van der Waals surface area contributed by atoms with Gasteiger partial charge in [-0.2, -0.15) is 0 Å².